The number of methoxy groups -OCH3 is 1. The van der Waals surface area contributed by atoms with Crippen LogP contribution in [0.15, 0.2) is 18.2 Å². The average molecular weight is 227 g/mol. The van der Waals surface area contributed by atoms with Crippen molar-refractivity contribution in [3.63, 3.8) is 0 Å². The lowest BCUT2D eigenvalue weighted by Crippen LogP contribution is -2.40. The van der Waals surface area contributed by atoms with Gasteiger partial charge in [0.05, 0.1) is 24.4 Å². The van der Waals surface area contributed by atoms with Crippen molar-refractivity contribution >= 4 is 23.0 Å². The van der Waals surface area contributed by atoms with E-state index in [9.17, 15) is 0 Å². The fourth-order valence-corrected chi connectivity index (χ4v) is 2.41. The van der Waals surface area contributed by atoms with Crippen molar-refractivity contribution in [1.29, 1.82) is 0 Å². The fourth-order valence-electron chi connectivity index (χ4n) is 2.00. The Bertz CT molecular complexity index is 370. The summed E-state index contributed by atoms with van der Waals surface area (Å²) in [7, 11) is 5.79. The molecule has 82 valence electrons. The van der Waals surface area contributed by atoms with Gasteiger partial charge >= 0.3 is 0 Å². The molecule has 1 heterocycles. The molecule has 0 radical (unpaired) electrons. The second-order valence-electron chi connectivity index (χ2n) is 3.71. The standard InChI is InChI=1S/C11H15ClN2O/c1-13-9-5-4-8(15-3)6-10(9)14(2)11(13)7-12/h4-6,11H,7H2,1-3H3. The molecule has 2 rings (SSSR count). The van der Waals surface area contributed by atoms with Crippen LogP contribution in [0.4, 0.5) is 11.4 Å². The van der Waals surface area contributed by atoms with Crippen molar-refractivity contribution in [3.05, 3.63) is 18.2 Å². The predicted molar refractivity (Wildman–Crippen MR) is 64.3 cm³/mol. The van der Waals surface area contributed by atoms with Crippen LogP contribution in [0, 0.1) is 0 Å². The first-order valence-corrected chi connectivity index (χ1v) is 5.42. The van der Waals surface area contributed by atoms with Crippen molar-refractivity contribution in [1.82, 2.24) is 0 Å². The molecule has 3 nitrogen and oxygen atoms in total. The quantitative estimate of drug-likeness (QED) is 0.719. The highest BCUT2D eigenvalue weighted by molar-refractivity contribution is 6.18. The number of hydrogen-bond acceptors (Lipinski definition) is 3. The second kappa shape index (κ2) is 3.81. The van der Waals surface area contributed by atoms with Gasteiger partial charge < -0.3 is 14.5 Å². The molecule has 1 unspecified atom stereocenters. The molecule has 1 aliphatic heterocycles. The van der Waals surface area contributed by atoms with Gasteiger partial charge in [-0.15, -0.1) is 11.6 Å². The molecule has 0 saturated carbocycles. The van der Waals surface area contributed by atoms with Crippen LogP contribution in [0.2, 0.25) is 0 Å². The number of ether oxygens (including phenoxy) is 1. The minimum Gasteiger partial charge on any atom is -0.497 e. The highest BCUT2D eigenvalue weighted by Gasteiger charge is 2.30. The van der Waals surface area contributed by atoms with Crippen LogP contribution in [0.3, 0.4) is 0 Å². The van der Waals surface area contributed by atoms with Crippen LogP contribution in [0.1, 0.15) is 0 Å². The van der Waals surface area contributed by atoms with Crippen LogP contribution in [-0.4, -0.2) is 33.3 Å². The Labute approximate surface area is 95.2 Å². The molecule has 1 aromatic carbocycles. The van der Waals surface area contributed by atoms with Gasteiger partial charge in [0.2, 0.25) is 0 Å². The number of halogens is 1. The van der Waals surface area contributed by atoms with E-state index in [-0.39, 0.29) is 6.17 Å². The molecule has 1 atom stereocenters. The molecule has 0 spiro atoms. The summed E-state index contributed by atoms with van der Waals surface area (Å²) in [5, 5.41) is 0. The minimum absolute atomic E-state index is 0.230. The normalized spacial score (nSPS) is 19.3. The first-order valence-electron chi connectivity index (χ1n) is 4.88. The highest BCUT2D eigenvalue weighted by atomic mass is 35.5. The zero-order valence-corrected chi connectivity index (χ0v) is 9.95. The van der Waals surface area contributed by atoms with Crippen molar-refractivity contribution < 1.29 is 4.74 Å². The van der Waals surface area contributed by atoms with E-state index < -0.39 is 0 Å². The lowest BCUT2D eigenvalue weighted by atomic mass is 10.2. The van der Waals surface area contributed by atoms with Gasteiger partial charge in [-0.2, -0.15) is 0 Å². The molecule has 1 aliphatic rings. The number of hydrogen-bond donors (Lipinski definition) is 0. The van der Waals surface area contributed by atoms with Crippen LogP contribution < -0.4 is 14.5 Å². The van der Waals surface area contributed by atoms with Gasteiger partial charge in [0.25, 0.3) is 0 Å². The maximum atomic E-state index is 5.95. The minimum atomic E-state index is 0.230. The van der Waals surface area contributed by atoms with Gasteiger partial charge in [0, 0.05) is 20.2 Å². The SMILES string of the molecule is COc1ccc2c(c1)N(C)C(CCl)N2C. The molecular weight excluding hydrogens is 212 g/mol. The number of alkyl halides is 1. The summed E-state index contributed by atoms with van der Waals surface area (Å²) in [5.74, 6) is 1.47. The number of fused-ring (bicyclic) bond motifs is 1. The Kier molecular flexibility index (Phi) is 2.65. The molecule has 0 aromatic heterocycles. The van der Waals surface area contributed by atoms with Gasteiger partial charge in [-0.3, -0.25) is 0 Å². The molecule has 0 saturated heterocycles. The third-order valence-electron chi connectivity index (χ3n) is 2.97. The van der Waals surface area contributed by atoms with Gasteiger partial charge in [-0.05, 0) is 12.1 Å². The first kappa shape index (κ1) is 10.4. The molecule has 0 aliphatic carbocycles. The average Bonchev–Trinajstić information content (AvgIpc) is 2.51. The number of nitrogens with zero attached hydrogens (tertiary/aromatic N) is 2. The number of anilines is 2. The number of benzene rings is 1. The predicted octanol–water partition coefficient (Wildman–Crippen LogP) is 2.15. The zero-order valence-electron chi connectivity index (χ0n) is 9.20. The van der Waals surface area contributed by atoms with Gasteiger partial charge in [-0.25, -0.2) is 0 Å². The Morgan fingerprint density at radius 1 is 1.27 bits per heavy atom. The highest BCUT2D eigenvalue weighted by Crippen LogP contribution is 2.40. The largest absolute Gasteiger partial charge is 0.497 e. The molecule has 1 aromatic rings. The maximum absolute atomic E-state index is 5.95. The summed E-state index contributed by atoms with van der Waals surface area (Å²) >= 11 is 5.95. The Morgan fingerprint density at radius 2 is 1.93 bits per heavy atom. The van der Waals surface area contributed by atoms with Crippen molar-refractivity contribution in [2.24, 2.45) is 0 Å². The summed E-state index contributed by atoms with van der Waals surface area (Å²) < 4.78 is 5.21. The van der Waals surface area contributed by atoms with Crippen molar-refractivity contribution in [2.45, 2.75) is 6.17 Å². The topological polar surface area (TPSA) is 15.7 Å². The lowest BCUT2D eigenvalue weighted by molar-refractivity contribution is 0.415. The Morgan fingerprint density at radius 3 is 2.53 bits per heavy atom. The fraction of sp³-hybridized carbons (Fsp3) is 0.455. The number of rotatable bonds is 2. The van der Waals surface area contributed by atoms with Crippen LogP contribution in [0.5, 0.6) is 5.75 Å². The molecule has 4 heteroatoms. The van der Waals surface area contributed by atoms with Crippen molar-refractivity contribution in [2.75, 3.05) is 36.9 Å². The molecule has 15 heavy (non-hydrogen) atoms. The van der Waals surface area contributed by atoms with E-state index in [1.54, 1.807) is 7.11 Å². The van der Waals surface area contributed by atoms with Gasteiger partial charge in [-0.1, -0.05) is 0 Å². The van der Waals surface area contributed by atoms with Crippen molar-refractivity contribution in [3.8, 4) is 5.75 Å². The summed E-state index contributed by atoms with van der Waals surface area (Å²) in [5.41, 5.74) is 2.37. The van der Waals surface area contributed by atoms with E-state index in [1.807, 2.05) is 12.1 Å². The summed E-state index contributed by atoms with van der Waals surface area (Å²) in [6.45, 7) is 0. The van der Waals surface area contributed by atoms with E-state index in [1.165, 1.54) is 11.4 Å². The third kappa shape index (κ3) is 1.51. The summed E-state index contributed by atoms with van der Waals surface area (Å²) in [4.78, 5) is 4.35. The third-order valence-corrected chi connectivity index (χ3v) is 3.25. The molecular formula is C11H15ClN2O. The molecule has 0 N–H and O–H groups in total. The summed E-state index contributed by atoms with van der Waals surface area (Å²) in [6.07, 6.45) is 0.230. The summed E-state index contributed by atoms with van der Waals surface area (Å²) in [6, 6.07) is 6.08. The van der Waals surface area contributed by atoms with E-state index in [4.69, 9.17) is 16.3 Å². The molecule has 0 bridgehead atoms. The molecule has 0 fully saturated rings. The van der Waals surface area contributed by atoms with E-state index in [2.05, 4.69) is 30.0 Å². The van der Waals surface area contributed by atoms with Gasteiger partial charge in [0.15, 0.2) is 0 Å². The van der Waals surface area contributed by atoms with Crippen LogP contribution >= 0.6 is 11.6 Å². The maximum Gasteiger partial charge on any atom is 0.121 e. The second-order valence-corrected chi connectivity index (χ2v) is 4.02. The first-order chi connectivity index (χ1) is 7.19. The Hall–Kier alpha value is -1.09. The zero-order chi connectivity index (χ0) is 11.0. The monoisotopic (exact) mass is 226 g/mol. The Balaban J connectivity index is 2.43. The van der Waals surface area contributed by atoms with E-state index in [0.717, 1.165) is 5.75 Å². The van der Waals surface area contributed by atoms with E-state index >= 15 is 0 Å². The lowest BCUT2D eigenvalue weighted by Gasteiger charge is -2.25. The van der Waals surface area contributed by atoms with Crippen LogP contribution in [0.25, 0.3) is 0 Å². The smallest absolute Gasteiger partial charge is 0.121 e. The van der Waals surface area contributed by atoms with E-state index in [0.29, 0.717) is 5.88 Å². The van der Waals surface area contributed by atoms with Gasteiger partial charge in [0.1, 0.15) is 11.9 Å². The molecule has 0 amide bonds. The van der Waals surface area contributed by atoms with Crippen LogP contribution in [-0.2, 0) is 0 Å².